The maximum Gasteiger partial charge on any atom is 0.263 e. The fourth-order valence-corrected chi connectivity index (χ4v) is 3.63. The Morgan fingerprint density at radius 1 is 1.23 bits per heavy atom. The summed E-state index contributed by atoms with van der Waals surface area (Å²) >= 11 is 0. The zero-order valence-corrected chi connectivity index (χ0v) is 15.1. The largest absolute Gasteiger partial charge is 0.465 e. The lowest BCUT2D eigenvalue weighted by atomic mass is 10.1. The second-order valence-electron chi connectivity index (χ2n) is 6.74. The third-order valence-corrected chi connectivity index (χ3v) is 4.94. The molecule has 8 nitrogen and oxygen atoms in total. The van der Waals surface area contributed by atoms with Gasteiger partial charge < -0.3 is 18.9 Å². The van der Waals surface area contributed by atoms with Gasteiger partial charge in [0.05, 0.1) is 12.2 Å². The molecule has 0 spiro atoms. The van der Waals surface area contributed by atoms with Gasteiger partial charge in [0.15, 0.2) is 0 Å². The van der Waals surface area contributed by atoms with Crippen molar-refractivity contribution in [3.8, 4) is 0 Å². The van der Waals surface area contributed by atoms with E-state index in [9.17, 15) is 5.11 Å². The van der Waals surface area contributed by atoms with E-state index in [1.54, 1.807) is 0 Å². The molecule has 1 atom stereocenters. The molecule has 26 heavy (non-hydrogen) atoms. The first-order valence-corrected chi connectivity index (χ1v) is 8.88. The van der Waals surface area contributed by atoms with Crippen LogP contribution in [0.3, 0.4) is 0 Å². The number of hydrogen-bond donors (Lipinski definition) is 1. The van der Waals surface area contributed by atoms with Gasteiger partial charge in [-0.05, 0) is 32.4 Å². The molecule has 0 aliphatic carbocycles. The smallest absolute Gasteiger partial charge is 0.263 e. The van der Waals surface area contributed by atoms with Crippen molar-refractivity contribution >= 4 is 16.9 Å². The summed E-state index contributed by atoms with van der Waals surface area (Å²) in [6.45, 7) is 7.22. The summed E-state index contributed by atoms with van der Waals surface area (Å²) in [4.78, 5) is 13.2. The lowest BCUT2D eigenvalue weighted by Gasteiger charge is -2.41. The molecular weight excluding hydrogens is 334 g/mol. The van der Waals surface area contributed by atoms with Crippen LogP contribution in [-0.2, 0) is 6.54 Å². The van der Waals surface area contributed by atoms with E-state index in [-0.39, 0.29) is 12.6 Å². The van der Waals surface area contributed by atoms with Gasteiger partial charge in [-0.1, -0.05) is 5.16 Å². The Hall–Kier alpha value is -2.45. The fraction of sp³-hybridized carbons (Fsp3) is 0.500. The van der Waals surface area contributed by atoms with Gasteiger partial charge in [-0.25, -0.2) is 4.98 Å². The van der Waals surface area contributed by atoms with Gasteiger partial charge in [0.25, 0.3) is 5.71 Å². The number of aromatic nitrogens is 3. The number of rotatable bonds is 5. The molecule has 0 amide bonds. The molecule has 0 unspecified atom stereocenters. The van der Waals surface area contributed by atoms with Crippen LogP contribution in [0.1, 0.15) is 23.6 Å². The third kappa shape index (κ3) is 3.17. The Labute approximate surface area is 151 Å². The average molecular weight is 357 g/mol. The molecule has 138 valence electrons. The average Bonchev–Trinajstić information content (AvgIpc) is 3.22. The van der Waals surface area contributed by atoms with Crippen molar-refractivity contribution < 1.29 is 14.0 Å². The summed E-state index contributed by atoms with van der Waals surface area (Å²) in [7, 11) is 0. The van der Waals surface area contributed by atoms with Crippen molar-refractivity contribution in [2.75, 3.05) is 31.1 Å². The molecule has 1 fully saturated rings. The summed E-state index contributed by atoms with van der Waals surface area (Å²) in [5, 5.41) is 14.4. The molecule has 1 saturated heterocycles. The number of fused-ring (bicyclic) bond motifs is 1. The van der Waals surface area contributed by atoms with Crippen LogP contribution in [0.15, 0.2) is 27.4 Å². The highest BCUT2D eigenvalue weighted by Crippen LogP contribution is 2.28. The molecule has 8 heteroatoms. The number of furan rings is 1. The summed E-state index contributed by atoms with van der Waals surface area (Å²) < 4.78 is 11.0. The van der Waals surface area contributed by atoms with Crippen molar-refractivity contribution in [2.24, 2.45) is 0 Å². The second-order valence-corrected chi connectivity index (χ2v) is 6.74. The maximum absolute atomic E-state index is 9.53. The van der Waals surface area contributed by atoms with Gasteiger partial charge in [-0.3, -0.25) is 4.90 Å². The highest BCUT2D eigenvalue weighted by Gasteiger charge is 2.29. The van der Waals surface area contributed by atoms with E-state index < -0.39 is 0 Å². The molecular formula is C18H23N5O3. The van der Waals surface area contributed by atoms with Crippen molar-refractivity contribution in [3.05, 3.63) is 35.7 Å². The Kier molecular flexibility index (Phi) is 4.60. The highest BCUT2D eigenvalue weighted by molar-refractivity contribution is 5.87. The van der Waals surface area contributed by atoms with Gasteiger partial charge in [0.1, 0.15) is 29.1 Å². The zero-order valence-electron chi connectivity index (χ0n) is 15.1. The van der Waals surface area contributed by atoms with Gasteiger partial charge in [-0.2, -0.15) is 4.98 Å². The van der Waals surface area contributed by atoms with Gasteiger partial charge in [0.2, 0.25) is 0 Å². The van der Waals surface area contributed by atoms with Crippen molar-refractivity contribution in [2.45, 2.75) is 32.9 Å². The first kappa shape index (κ1) is 17.0. The molecule has 1 N–H and O–H groups in total. The number of aliphatic hydroxyl groups is 1. The zero-order chi connectivity index (χ0) is 18.1. The highest BCUT2D eigenvalue weighted by atomic mass is 16.5. The molecule has 4 rings (SSSR count). The topological polar surface area (TPSA) is 91.7 Å². The van der Waals surface area contributed by atoms with Crippen LogP contribution in [0.2, 0.25) is 0 Å². The molecule has 0 saturated carbocycles. The Balaban J connectivity index is 1.56. The van der Waals surface area contributed by atoms with E-state index in [4.69, 9.17) is 8.94 Å². The number of hydrogen-bond acceptors (Lipinski definition) is 8. The molecule has 3 aromatic rings. The minimum atomic E-state index is 0.150. The molecule has 0 aromatic carbocycles. The normalized spacial score (nSPS) is 18.7. The van der Waals surface area contributed by atoms with Crippen molar-refractivity contribution in [3.63, 3.8) is 0 Å². The molecule has 1 aliphatic heterocycles. The van der Waals surface area contributed by atoms with Crippen LogP contribution in [0.5, 0.6) is 0 Å². The Morgan fingerprint density at radius 3 is 2.88 bits per heavy atom. The predicted octanol–water partition coefficient (Wildman–Crippen LogP) is 1.90. The van der Waals surface area contributed by atoms with Crippen molar-refractivity contribution in [1.82, 2.24) is 20.0 Å². The number of anilines is 1. The number of aliphatic hydroxyl groups excluding tert-OH is 1. The van der Waals surface area contributed by atoms with Crippen LogP contribution in [0.25, 0.3) is 11.1 Å². The number of piperazine rings is 1. The summed E-state index contributed by atoms with van der Waals surface area (Å²) in [6.07, 6.45) is 2.22. The monoisotopic (exact) mass is 357 g/mol. The molecule has 4 heterocycles. The first-order chi connectivity index (χ1) is 12.7. The minimum Gasteiger partial charge on any atom is -0.465 e. The molecule has 1 aliphatic rings. The van der Waals surface area contributed by atoms with Crippen LogP contribution in [0.4, 0.5) is 5.82 Å². The first-order valence-electron chi connectivity index (χ1n) is 8.88. The second kappa shape index (κ2) is 7.05. The van der Waals surface area contributed by atoms with Gasteiger partial charge >= 0.3 is 0 Å². The summed E-state index contributed by atoms with van der Waals surface area (Å²) in [5.41, 5.74) is 1.31. The molecule has 3 aromatic heterocycles. The standard InChI is InChI=1S/C18H23N5O3/c1-12-3-4-15(25-12)10-22-6-7-23(9-14(22)5-8-24)17-16-13(2)21-26-18(16)20-11-19-17/h3-4,11,14,24H,5-10H2,1-2H3/t14-/m0/s1. The lowest BCUT2D eigenvalue weighted by molar-refractivity contribution is 0.126. The lowest BCUT2D eigenvalue weighted by Crippen LogP contribution is -2.53. The van der Waals surface area contributed by atoms with E-state index in [0.29, 0.717) is 12.1 Å². The van der Waals surface area contributed by atoms with E-state index >= 15 is 0 Å². The van der Waals surface area contributed by atoms with E-state index in [2.05, 4.69) is 24.9 Å². The van der Waals surface area contributed by atoms with Crippen LogP contribution < -0.4 is 4.90 Å². The number of aryl methyl sites for hydroxylation is 2. The van der Waals surface area contributed by atoms with Crippen LogP contribution in [-0.4, -0.2) is 57.4 Å². The molecule has 0 radical (unpaired) electrons. The third-order valence-electron chi connectivity index (χ3n) is 4.94. The van der Waals surface area contributed by atoms with Crippen LogP contribution in [0, 0.1) is 13.8 Å². The Morgan fingerprint density at radius 2 is 2.12 bits per heavy atom. The van der Waals surface area contributed by atoms with E-state index in [1.165, 1.54) is 6.33 Å². The molecule has 0 bridgehead atoms. The van der Waals surface area contributed by atoms with Crippen LogP contribution >= 0.6 is 0 Å². The fourth-order valence-electron chi connectivity index (χ4n) is 3.63. The van der Waals surface area contributed by atoms with Crippen molar-refractivity contribution in [1.29, 1.82) is 0 Å². The summed E-state index contributed by atoms with van der Waals surface area (Å²) in [6, 6.07) is 4.22. The summed E-state index contributed by atoms with van der Waals surface area (Å²) in [5.74, 6) is 2.73. The Bertz CT molecular complexity index is 890. The quantitative estimate of drug-likeness (QED) is 0.740. The SMILES string of the molecule is Cc1ccc(CN2CCN(c3ncnc4onc(C)c34)C[C@@H]2CCO)o1. The van der Waals surface area contributed by atoms with E-state index in [0.717, 1.165) is 54.6 Å². The van der Waals surface area contributed by atoms with E-state index in [1.807, 2.05) is 26.0 Å². The minimum absolute atomic E-state index is 0.150. The van der Waals surface area contributed by atoms with Gasteiger partial charge in [-0.15, -0.1) is 0 Å². The maximum atomic E-state index is 9.53. The van der Waals surface area contributed by atoms with Gasteiger partial charge in [0, 0.05) is 32.3 Å². The predicted molar refractivity (Wildman–Crippen MR) is 95.9 cm³/mol. The number of nitrogens with zero attached hydrogens (tertiary/aromatic N) is 5.